The molecule has 1 unspecified atom stereocenters. The van der Waals surface area contributed by atoms with Crippen LogP contribution in [0, 0.1) is 11.8 Å². The number of ether oxygens (including phenoxy) is 1. The van der Waals surface area contributed by atoms with Gasteiger partial charge in [0.05, 0.1) is 35.6 Å². The van der Waals surface area contributed by atoms with Crippen molar-refractivity contribution in [1.29, 1.82) is 0 Å². The molecule has 43 heavy (non-hydrogen) atoms. The number of fused-ring (bicyclic) bond motifs is 3. The molecule has 0 radical (unpaired) electrons. The second-order valence-electron chi connectivity index (χ2n) is 11.8. The number of benzene rings is 2. The van der Waals surface area contributed by atoms with Crippen molar-refractivity contribution < 1.29 is 24.2 Å². The highest BCUT2D eigenvalue weighted by molar-refractivity contribution is 6.04. The lowest BCUT2D eigenvalue weighted by molar-refractivity contribution is -0.156. The summed E-state index contributed by atoms with van der Waals surface area (Å²) < 4.78 is 8.66. The molecule has 0 saturated carbocycles. The van der Waals surface area contributed by atoms with Crippen LogP contribution in [0.15, 0.2) is 78.9 Å². The van der Waals surface area contributed by atoms with Gasteiger partial charge in [0.1, 0.15) is 23.8 Å². The van der Waals surface area contributed by atoms with E-state index in [0.717, 1.165) is 11.2 Å². The van der Waals surface area contributed by atoms with Gasteiger partial charge < -0.3 is 24.5 Å². The monoisotopic (exact) mass is 582 g/mol. The molecule has 0 bridgehead atoms. The largest absolute Gasteiger partial charge is 0.394 e. The Bertz CT molecular complexity index is 1650. The lowest BCUT2D eigenvalue weighted by Gasteiger charge is -2.40. The van der Waals surface area contributed by atoms with E-state index in [1.165, 1.54) is 4.90 Å². The first kappa shape index (κ1) is 27.5. The Hall–Kier alpha value is -4.35. The number of carbonyl (C=O) groups is 3. The highest BCUT2D eigenvalue weighted by atomic mass is 16.5. The highest BCUT2D eigenvalue weighted by Crippen LogP contribution is 2.59. The number of aliphatic hydroxyl groups excluding tert-OH is 1. The van der Waals surface area contributed by atoms with Crippen molar-refractivity contribution in [1.82, 2.24) is 24.8 Å². The molecule has 0 aliphatic carbocycles. The lowest BCUT2D eigenvalue weighted by atomic mass is 9.73. The summed E-state index contributed by atoms with van der Waals surface area (Å²) >= 11 is 0. The van der Waals surface area contributed by atoms with Gasteiger partial charge in [-0.05, 0) is 37.6 Å². The predicted octanol–water partition coefficient (Wildman–Crippen LogP) is 2.13. The Morgan fingerprint density at radius 2 is 1.70 bits per heavy atom. The van der Waals surface area contributed by atoms with Crippen molar-refractivity contribution in [3.05, 3.63) is 78.9 Å². The Balaban J connectivity index is 1.33. The number of anilines is 1. The lowest BCUT2D eigenvalue weighted by Crippen LogP contribution is -2.58. The Morgan fingerprint density at radius 1 is 0.953 bits per heavy atom. The van der Waals surface area contributed by atoms with Crippen LogP contribution in [-0.2, 0) is 25.8 Å². The number of likely N-dealkylation sites (tertiary alicyclic amines) is 1. The molecule has 3 aromatic rings. The smallest absolute Gasteiger partial charge is 0.250 e. The van der Waals surface area contributed by atoms with Crippen LogP contribution in [0.25, 0.3) is 11.0 Å². The summed E-state index contributed by atoms with van der Waals surface area (Å²) in [6.07, 6.45) is 7.94. The van der Waals surface area contributed by atoms with Crippen LogP contribution < -0.4 is 4.90 Å². The number of hydrogen-bond acceptors (Lipinski definition) is 7. The van der Waals surface area contributed by atoms with E-state index in [1.807, 2.05) is 85.8 Å². The average molecular weight is 583 g/mol. The van der Waals surface area contributed by atoms with Crippen molar-refractivity contribution >= 4 is 34.4 Å². The number of aliphatic hydroxyl groups is 1. The quantitative estimate of drug-likeness (QED) is 0.442. The van der Waals surface area contributed by atoms with Crippen molar-refractivity contribution in [3.8, 4) is 0 Å². The number of rotatable bonds is 6. The van der Waals surface area contributed by atoms with Crippen molar-refractivity contribution in [2.24, 2.45) is 11.8 Å². The van der Waals surface area contributed by atoms with Crippen molar-refractivity contribution in [2.45, 2.75) is 50.2 Å². The van der Waals surface area contributed by atoms with Gasteiger partial charge in [-0.2, -0.15) is 0 Å². The molecule has 11 nitrogen and oxygen atoms in total. The van der Waals surface area contributed by atoms with Gasteiger partial charge in [-0.15, -0.1) is 5.10 Å². The van der Waals surface area contributed by atoms with E-state index in [0.29, 0.717) is 18.5 Å². The Morgan fingerprint density at radius 3 is 2.47 bits per heavy atom. The van der Waals surface area contributed by atoms with Gasteiger partial charge in [0, 0.05) is 18.8 Å². The van der Waals surface area contributed by atoms with Gasteiger partial charge in [-0.3, -0.25) is 14.4 Å². The maximum atomic E-state index is 14.6. The van der Waals surface area contributed by atoms with Crippen molar-refractivity contribution in [2.75, 3.05) is 24.6 Å². The van der Waals surface area contributed by atoms with Gasteiger partial charge >= 0.3 is 0 Å². The third-order valence-corrected chi connectivity index (χ3v) is 9.49. The highest BCUT2D eigenvalue weighted by Gasteiger charge is 2.75. The fourth-order valence-electron chi connectivity index (χ4n) is 7.46. The molecule has 6 atom stereocenters. The van der Waals surface area contributed by atoms with Crippen LogP contribution in [0.3, 0.4) is 0 Å². The molecule has 4 aliphatic heterocycles. The van der Waals surface area contributed by atoms with Gasteiger partial charge in [0.2, 0.25) is 11.8 Å². The molecular weight excluding hydrogens is 548 g/mol. The summed E-state index contributed by atoms with van der Waals surface area (Å²) in [4.78, 5) is 48.4. The van der Waals surface area contributed by atoms with E-state index in [2.05, 4.69) is 10.3 Å². The van der Waals surface area contributed by atoms with Crippen LogP contribution in [0.4, 0.5) is 5.69 Å². The Labute approximate surface area is 249 Å². The van der Waals surface area contributed by atoms with E-state index in [1.54, 1.807) is 21.4 Å². The summed E-state index contributed by atoms with van der Waals surface area (Å²) in [5.74, 6) is -2.75. The number of amides is 3. The zero-order chi connectivity index (χ0) is 29.9. The normalized spacial score (nSPS) is 30.8. The summed E-state index contributed by atoms with van der Waals surface area (Å²) in [6, 6.07) is 15.1. The molecule has 7 rings (SSSR count). The Kier molecular flexibility index (Phi) is 6.48. The minimum absolute atomic E-state index is 0.111. The summed E-state index contributed by atoms with van der Waals surface area (Å²) in [7, 11) is 0. The standard InChI is InChI=1S/C32H34N6O5/c1-3-31-15-9-18-36(22-11-5-4-6-12-22)28(40)25(31)26-29(41)38(21(2)19-39)27-30(42)35(17-10-16-32(26,27)43-31)20-37-24-14-8-7-13-23(24)33-34-37/h4-16,21,25-27,39H,3,17-20H2,1-2H3/t21-,25+,26+,27?,31-,32+/m1/s1. The van der Waals surface area contributed by atoms with E-state index in [-0.39, 0.29) is 37.5 Å². The van der Waals surface area contributed by atoms with Crippen molar-refractivity contribution in [3.63, 3.8) is 0 Å². The number of carbonyl (C=O) groups excluding carboxylic acids is 3. The first-order valence-corrected chi connectivity index (χ1v) is 14.8. The van der Waals surface area contributed by atoms with Crippen LogP contribution in [0.5, 0.6) is 0 Å². The molecule has 5 heterocycles. The number of aromatic nitrogens is 3. The zero-order valence-electron chi connectivity index (χ0n) is 24.1. The first-order chi connectivity index (χ1) is 20.8. The van der Waals surface area contributed by atoms with E-state index in [4.69, 9.17) is 4.74 Å². The second kappa shape index (κ2) is 10.1. The van der Waals surface area contributed by atoms with Gasteiger partial charge in [0.25, 0.3) is 5.91 Å². The second-order valence-corrected chi connectivity index (χ2v) is 11.8. The average Bonchev–Trinajstić information content (AvgIpc) is 3.58. The van der Waals surface area contributed by atoms with E-state index >= 15 is 0 Å². The van der Waals surface area contributed by atoms with Gasteiger partial charge in [0.15, 0.2) is 0 Å². The molecule has 3 amide bonds. The van der Waals surface area contributed by atoms with Crippen LogP contribution in [0.2, 0.25) is 0 Å². The van der Waals surface area contributed by atoms with Crippen LogP contribution in [-0.4, -0.2) is 90.6 Å². The fraction of sp³-hybridized carbons (Fsp3) is 0.406. The molecule has 4 aliphatic rings. The third kappa shape index (κ3) is 3.91. The summed E-state index contributed by atoms with van der Waals surface area (Å²) in [5.41, 5.74) is -0.278. The number of para-hydroxylation sites is 2. The maximum absolute atomic E-state index is 14.6. The summed E-state index contributed by atoms with van der Waals surface area (Å²) in [5, 5.41) is 18.7. The van der Waals surface area contributed by atoms with Gasteiger partial charge in [-0.25, -0.2) is 4.68 Å². The fourth-order valence-corrected chi connectivity index (χ4v) is 7.46. The number of nitrogens with zero attached hydrogens (tertiary/aromatic N) is 6. The topological polar surface area (TPSA) is 121 Å². The molecule has 2 aromatic carbocycles. The molecule has 1 aromatic heterocycles. The molecule has 2 fully saturated rings. The van der Waals surface area contributed by atoms with E-state index in [9.17, 15) is 19.5 Å². The van der Waals surface area contributed by atoms with Crippen LogP contribution in [0.1, 0.15) is 20.3 Å². The summed E-state index contributed by atoms with van der Waals surface area (Å²) in [6.45, 7) is 4.01. The molecule has 1 N–H and O–H groups in total. The zero-order valence-corrected chi connectivity index (χ0v) is 24.1. The number of hydrogen-bond donors (Lipinski definition) is 1. The first-order valence-electron chi connectivity index (χ1n) is 14.8. The minimum Gasteiger partial charge on any atom is -0.394 e. The molecule has 222 valence electrons. The molecule has 1 spiro atoms. The molecule has 2 saturated heterocycles. The van der Waals surface area contributed by atoms with Crippen LogP contribution >= 0.6 is 0 Å². The maximum Gasteiger partial charge on any atom is 0.250 e. The van der Waals surface area contributed by atoms with E-state index < -0.39 is 35.1 Å². The molecular formula is C32H34N6O5. The minimum atomic E-state index is -1.41. The third-order valence-electron chi connectivity index (χ3n) is 9.49. The van der Waals surface area contributed by atoms with Gasteiger partial charge in [-0.1, -0.05) is 66.8 Å². The predicted molar refractivity (Wildman–Crippen MR) is 157 cm³/mol. The SMILES string of the molecule is CC[C@@]12C=CCN(c3ccccc3)C(=O)[C@@H]1[C@H]1C(=O)N([C@H](C)CO)C3C(=O)N(Cn4nnc5ccccc54)CC=C[C@@]31O2. The molecule has 11 heteroatoms.